The second kappa shape index (κ2) is 5.46. The standard InChI is InChI=1S/C11H19N3O3/c12-10(15)5-9-6-13-2-3-14(9)11(16)8-1-4-17-7-8/h8-9,13H,1-7H2,(H2,12,15). The zero-order valence-electron chi connectivity index (χ0n) is 9.85. The minimum Gasteiger partial charge on any atom is -0.381 e. The molecule has 2 amide bonds. The van der Waals surface area contributed by atoms with Crippen LogP contribution in [0.4, 0.5) is 0 Å². The van der Waals surface area contributed by atoms with Crippen LogP contribution in [0.2, 0.25) is 0 Å². The molecule has 0 aromatic carbocycles. The van der Waals surface area contributed by atoms with E-state index in [1.54, 1.807) is 4.90 Å². The predicted molar refractivity (Wildman–Crippen MR) is 61.1 cm³/mol. The number of nitrogens with zero attached hydrogens (tertiary/aromatic N) is 1. The molecule has 0 aliphatic carbocycles. The van der Waals surface area contributed by atoms with Crippen molar-refractivity contribution in [3.05, 3.63) is 0 Å². The van der Waals surface area contributed by atoms with Crippen molar-refractivity contribution in [1.29, 1.82) is 0 Å². The molecule has 96 valence electrons. The summed E-state index contributed by atoms with van der Waals surface area (Å²) >= 11 is 0. The van der Waals surface area contributed by atoms with Crippen LogP contribution in [0.3, 0.4) is 0 Å². The Balaban J connectivity index is 1.99. The first kappa shape index (κ1) is 12.3. The van der Waals surface area contributed by atoms with E-state index in [0.717, 1.165) is 13.0 Å². The van der Waals surface area contributed by atoms with Gasteiger partial charge in [0.2, 0.25) is 11.8 Å². The van der Waals surface area contributed by atoms with Gasteiger partial charge in [-0.1, -0.05) is 0 Å². The van der Waals surface area contributed by atoms with Crippen LogP contribution < -0.4 is 11.1 Å². The molecular weight excluding hydrogens is 222 g/mol. The molecule has 2 fully saturated rings. The maximum Gasteiger partial charge on any atom is 0.228 e. The van der Waals surface area contributed by atoms with E-state index in [9.17, 15) is 9.59 Å². The minimum atomic E-state index is -0.362. The van der Waals surface area contributed by atoms with Crippen LogP contribution in [0, 0.1) is 5.92 Å². The van der Waals surface area contributed by atoms with Gasteiger partial charge in [-0.25, -0.2) is 0 Å². The molecule has 0 radical (unpaired) electrons. The van der Waals surface area contributed by atoms with E-state index < -0.39 is 0 Å². The molecule has 0 aromatic rings. The van der Waals surface area contributed by atoms with Gasteiger partial charge in [-0.2, -0.15) is 0 Å². The predicted octanol–water partition coefficient (Wildman–Crippen LogP) is -1.30. The molecule has 2 unspecified atom stereocenters. The van der Waals surface area contributed by atoms with Gasteiger partial charge in [0.15, 0.2) is 0 Å². The molecule has 2 aliphatic heterocycles. The van der Waals surface area contributed by atoms with Gasteiger partial charge in [0, 0.05) is 32.7 Å². The number of carbonyl (C=O) groups excluding carboxylic acids is 2. The van der Waals surface area contributed by atoms with Crippen molar-refractivity contribution in [1.82, 2.24) is 10.2 Å². The number of piperazine rings is 1. The van der Waals surface area contributed by atoms with Crippen LogP contribution in [0.1, 0.15) is 12.8 Å². The third kappa shape index (κ3) is 2.95. The van der Waals surface area contributed by atoms with Crippen LogP contribution in [0.15, 0.2) is 0 Å². The molecule has 0 bridgehead atoms. The van der Waals surface area contributed by atoms with Gasteiger partial charge in [-0.15, -0.1) is 0 Å². The zero-order chi connectivity index (χ0) is 12.3. The van der Waals surface area contributed by atoms with Gasteiger partial charge in [0.25, 0.3) is 0 Å². The first-order valence-electron chi connectivity index (χ1n) is 6.05. The van der Waals surface area contributed by atoms with Crippen LogP contribution in [0.5, 0.6) is 0 Å². The lowest BCUT2D eigenvalue weighted by molar-refractivity contribution is -0.139. The van der Waals surface area contributed by atoms with Gasteiger partial charge in [-0.3, -0.25) is 9.59 Å². The SMILES string of the molecule is NC(=O)CC1CNCCN1C(=O)C1CCOC1. The fourth-order valence-electron chi connectivity index (χ4n) is 2.43. The Hall–Kier alpha value is -1.14. The number of amides is 2. The highest BCUT2D eigenvalue weighted by Crippen LogP contribution is 2.18. The molecule has 2 saturated heterocycles. The second-order valence-corrected chi connectivity index (χ2v) is 4.62. The summed E-state index contributed by atoms with van der Waals surface area (Å²) in [5.41, 5.74) is 5.21. The first-order valence-corrected chi connectivity index (χ1v) is 6.05. The van der Waals surface area contributed by atoms with Crippen molar-refractivity contribution < 1.29 is 14.3 Å². The van der Waals surface area contributed by atoms with Gasteiger partial charge in [0.1, 0.15) is 0 Å². The summed E-state index contributed by atoms with van der Waals surface area (Å²) in [6.07, 6.45) is 1.01. The Kier molecular flexibility index (Phi) is 3.96. The number of nitrogens with two attached hydrogens (primary N) is 1. The smallest absolute Gasteiger partial charge is 0.228 e. The molecule has 2 atom stereocenters. The summed E-state index contributed by atoms with van der Waals surface area (Å²) in [6.45, 7) is 3.22. The maximum absolute atomic E-state index is 12.3. The fraction of sp³-hybridized carbons (Fsp3) is 0.818. The molecule has 6 nitrogen and oxygen atoms in total. The summed E-state index contributed by atoms with van der Waals surface area (Å²) in [4.78, 5) is 25.0. The molecule has 0 spiro atoms. The summed E-state index contributed by atoms with van der Waals surface area (Å²) < 4.78 is 5.23. The summed E-state index contributed by atoms with van der Waals surface area (Å²) in [7, 11) is 0. The zero-order valence-corrected chi connectivity index (χ0v) is 9.85. The van der Waals surface area contributed by atoms with Crippen molar-refractivity contribution in [3.8, 4) is 0 Å². The Bertz CT molecular complexity index is 302. The monoisotopic (exact) mass is 241 g/mol. The summed E-state index contributed by atoms with van der Waals surface area (Å²) in [5.74, 6) is -0.294. The van der Waals surface area contributed by atoms with Crippen molar-refractivity contribution in [3.63, 3.8) is 0 Å². The molecule has 2 aliphatic rings. The maximum atomic E-state index is 12.3. The number of hydrogen-bond acceptors (Lipinski definition) is 4. The third-order valence-electron chi connectivity index (χ3n) is 3.35. The highest BCUT2D eigenvalue weighted by molar-refractivity contribution is 5.81. The van der Waals surface area contributed by atoms with Crippen molar-refractivity contribution in [2.75, 3.05) is 32.8 Å². The Labute approximate surface area is 100 Å². The van der Waals surface area contributed by atoms with Crippen molar-refractivity contribution in [2.24, 2.45) is 11.7 Å². The number of carbonyl (C=O) groups is 2. The van der Waals surface area contributed by atoms with Crippen LogP contribution in [-0.2, 0) is 14.3 Å². The Morgan fingerprint density at radius 1 is 1.47 bits per heavy atom. The van der Waals surface area contributed by atoms with E-state index in [1.807, 2.05) is 0 Å². The van der Waals surface area contributed by atoms with Gasteiger partial charge in [-0.05, 0) is 6.42 Å². The number of rotatable bonds is 3. The van der Waals surface area contributed by atoms with Gasteiger partial charge in [0.05, 0.1) is 18.6 Å². The molecular formula is C11H19N3O3. The second-order valence-electron chi connectivity index (χ2n) is 4.62. The van der Waals surface area contributed by atoms with Crippen LogP contribution in [-0.4, -0.2) is 55.6 Å². The average molecular weight is 241 g/mol. The van der Waals surface area contributed by atoms with Crippen molar-refractivity contribution >= 4 is 11.8 Å². The largest absolute Gasteiger partial charge is 0.381 e. The molecule has 17 heavy (non-hydrogen) atoms. The van der Waals surface area contributed by atoms with E-state index in [-0.39, 0.29) is 30.2 Å². The highest BCUT2D eigenvalue weighted by Gasteiger charge is 2.33. The number of ether oxygens (including phenoxy) is 1. The quantitative estimate of drug-likeness (QED) is 0.643. The van der Waals surface area contributed by atoms with Crippen LogP contribution in [0.25, 0.3) is 0 Å². The molecule has 2 heterocycles. The van der Waals surface area contributed by atoms with Crippen LogP contribution >= 0.6 is 0 Å². The normalized spacial score (nSPS) is 29.3. The van der Waals surface area contributed by atoms with Gasteiger partial charge >= 0.3 is 0 Å². The van der Waals surface area contributed by atoms with E-state index >= 15 is 0 Å². The average Bonchev–Trinajstić information content (AvgIpc) is 2.81. The number of nitrogens with one attached hydrogen (secondary N) is 1. The van der Waals surface area contributed by atoms with Gasteiger partial charge < -0.3 is 20.7 Å². The molecule has 0 saturated carbocycles. The Morgan fingerprint density at radius 3 is 2.94 bits per heavy atom. The molecule has 2 rings (SSSR count). The lowest BCUT2D eigenvalue weighted by atomic mass is 10.0. The molecule has 6 heteroatoms. The number of primary amides is 1. The van der Waals surface area contributed by atoms with E-state index in [4.69, 9.17) is 10.5 Å². The van der Waals surface area contributed by atoms with E-state index in [1.165, 1.54) is 0 Å². The van der Waals surface area contributed by atoms with E-state index in [2.05, 4.69) is 5.32 Å². The lowest BCUT2D eigenvalue weighted by Gasteiger charge is -2.37. The first-order chi connectivity index (χ1) is 8.18. The van der Waals surface area contributed by atoms with Crippen molar-refractivity contribution in [2.45, 2.75) is 18.9 Å². The molecule has 3 N–H and O–H groups in total. The Morgan fingerprint density at radius 2 is 2.29 bits per heavy atom. The third-order valence-corrected chi connectivity index (χ3v) is 3.35. The summed E-state index contributed by atoms with van der Waals surface area (Å²) in [6, 6.07) is -0.102. The number of hydrogen-bond donors (Lipinski definition) is 2. The topological polar surface area (TPSA) is 84.7 Å². The lowest BCUT2D eigenvalue weighted by Crippen LogP contribution is -2.56. The highest BCUT2D eigenvalue weighted by atomic mass is 16.5. The van der Waals surface area contributed by atoms with E-state index in [0.29, 0.717) is 26.3 Å². The summed E-state index contributed by atoms with van der Waals surface area (Å²) in [5, 5.41) is 3.18. The molecule has 0 aromatic heterocycles. The minimum absolute atomic E-state index is 0.0384. The fourth-order valence-corrected chi connectivity index (χ4v) is 2.43.